The van der Waals surface area contributed by atoms with Gasteiger partial charge in [-0.25, -0.2) is 0 Å². The Balaban J connectivity index is 2.27. The number of hydrogen-bond donors (Lipinski definition) is 3. The van der Waals surface area contributed by atoms with E-state index in [1.165, 1.54) is 0 Å². The molecule has 4 N–H and O–H groups in total. The quantitative estimate of drug-likeness (QED) is 0.540. The molecule has 0 amide bonds. The molecule has 0 aliphatic carbocycles. The van der Waals surface area contributed by atoms with Crippen LogP contribution in [0.15, 0.2) is 24.3 Å². The molecule has 1 aliphatic rings. The van der Waals surface area contributed by atoms with Crippen LogP contribution >= 0.6 is 0 Å². The molecule has 98 valence electrons. The first-order valence-electron chi connectivity index (χ1n) is 6.06. The second-order valence-electron chi connectivity index (χ2n) is 4.59. The van der Waals surface area contributed by atoms with Gasteiger partial charge in [0.1, 0.15) is 5.84 Å². The maximum absolute atomic E-state index is 9.23. The Labute approximate surface area is 107 Å². The van der Waals surface area contributed by atoms with Crippen molar-refractivity contribution in [1.82, 2.24) is 0 Å². The highest BCUT2D eigenvalue weighted by Crippen LogP contribution is 2.24. The van der Waals surface area contributed by atoms with Gasteiger partial charge in [0.05, 0.1) is 18.8 Å². The third-order valence-electron chi connectivity index (χ3n) is 3.06. The van der Waals surface area contributed by atoms with E-state index >= 15 is 0 Å². The van der Waals surface area contributed by atoms with E-state index in [2.05, 4.69) is 4.90 Å². The number of nitrogens with two attached hydrogens (primary N) is 1. The third-order valence-corrected chi connectivity index (χ3v) is 3.06. The topological polar surface area (TPSA) is 82.6 Å². The van der Waals surface area contributed by atoms with Gasteiger partial charge in [0, 0.05) is 24.3 Å². The van der Waals surface area contributed by atoms with Crippen molar-refractivity contribution in [3.05, 3.63) is 29.8 Å². The molecule has 18 heavy (non-hydrogen) atoms. The summed E-state index contributed by atoms with van der Waals surface area (Å²) in [6.45, 7) is 3.33. The Hall–Kier alpha value is -1.59. The SMILES string of the molecule is CC1CN(c2ccccc2C(=N)N)CC(CO)O1. The highest BCUT2D eigenvalue weighted by Gasteiger charge is 2.26. The first kappa shape index (κ1) is 12.9. The zero-order chi connectivity index (χ0) is 13.1. The maximum atomic E-state index is 9.23. The molecule has 0 spiro atoms. The van der Waals surface area contributed by atoms with E-state index in [1.807, 2.05) is 31.2 Å². The second kappa shape index (κ2) is 5.37. The molecule has 5 heteroatoms. The lowest BCUT2D eigenvalue weighted by molar-refractivity contribution is -0.0421. The second-order valence-corrected chi connectivity index (χ2v) is 4.59. The number of anilines is 1. The maximum Gasteiger partial charge on any atom is 0.124 e. The standard InChI is InChI=1S/C13H19N3O2/c1-9-6-16(7-10(8-17)18-9)12-5-3-2-4-11(12)13(14)15/h2-5,9-10,17H,6-8H2,1H3,(H3,14,15). The highest BCUT2D eigenvalue weighted by molar-refractivity contribution is 6.00. The van der Waals surface area contributed by atoms with Crippen LogP contribution in [0.25, 0.3) is 0 Å². The molecule has 1 aliphatic heterocycles. The van der Waals surface area contributed by atoms with E-state index in [9.17, 15) is 5.11 Å². The van der Waals surface area contributed by atoms with E-state index < -0.39 is 0 Å². The van der Waals surface area contributed by atoms with Crippen molar-refractivity contribution in [2.75, 3.05) is 24.6 Å². The fourth-order valence-corrected chi connectivity index (χ4v) is 2.32. The van der Waals surface area contributed by atoms with Crippen LogP contribution in [0.2, 0.25) is 0 Å². The molecule has 1 aromatic carbocycles. The Kier molecular flexibility index (Phi) is 3.84. The van der Waals surface area contributed by atoms with Crippen molar-refractivity contribution in [1.29, 1.82) is 5.41 Å². The Morgan fingerprint density at radius 2 is 2.22 bits per heavy atom. The summed E-state index contributed by atoms with van der Waals surface area (Å²) in [5, 5.41) is 16.8. The van der Waals surface area contributed by atoms with E-state index in [0.717, 1.165) is 17.8 Å². The molecule has 1 fully saturated rings. The zero-order valence-corrected chi connectivity index (χ0v) is 10.5. The summed E-state index contributed by atoms with van der Waals surface area (Å²) in [7, 11) is 0. The van der Waals surface area contributed by atoms with Gasteiger partial charge in [-0.15, -0.1) is 0 Å². The minimum Gasteiger partial charge on any atom is -0.394 e. The molecule has 0 aromatic heterocycles. The van der Waals surface area contributed by atoms with Crippen molar-refractivity contribution in [3.8, 4) is 0 Å². The van der Waals surface area contributed by atoms with Gasteiger partial charge >= 0.3 is 0 Å². The van der Waals surface area contributed by atoms with Crippen LogP contribution in [0.1, 0.15) is 12.5 Å². The van der Waals surface area contributed by atoms with E-state index in [1.54, 1.807) is 0 Å². The van der Waals surface area contributed by atoms with Crippen molar-refractivity contribution in [2.24, 2.45) is 5.73 Å². The van der Waals surface area contributed by atoms with Gasteiger partial charge < -0.3 is 20.5 Å². The molecular weight excluding hydrogens is 230 g/mol. The Bertz CT molecular complexity index is 436. The molecule has 0 saturated carbocycles. The lowest BCUT2D eigenvalue weighted by atomic mass is 10.1. The number of morpholine rings is 1. The average Bonchev–Trinajstić information content (AvgIpc) is 2.38. The van der Waals surface area contributed by atoms with Gasteiger partial charge in [0.25, 0.3) is 0 Å². The number of aliphatic hydroxyl groups excluding tert-OH is 1. The molecule has 2 rings (SSSR count). The smallest absolute Gasteiger partial charge is 0.124 e. The summed E-state index contributed by atoms with van der Waals surface area (Å²) in [6, 6.07) is 7.58. The van der Waals surface area contributed by atoms with Crippen molar-refractivity contribution >= 4 is 11.5 Å². The van der Waals surface area contributed by atoms with Crippen LogP contribution in [-0.4, -0.2) is 42.8 Å². The number of aliphatic hydroxyl groups is 1. The van der Waals surface area contributed by atoms with E-state index in [4.69, 9.17) is 15.9 Å². The average molecular weight is 249 g/mol. The number of para-hydroxylation sites is 1. The first-order chi connectivity index (χ1) is 8.61. The van der Waals surface area contributed by atoms with E-state index in [0.29, 0.717) is 6.54 Å². The number of amidine groups is 1. The van der Waals surface area contributed by atoms with Gasteiger partial charge in [-0.3, -0.25) is 5.41 Å². The van der Waals surface area contributed by atoms with Crippen LogP contribution < -0.4 is 10.6 Å². The van der Waals surface area contributed by atoms with Crippen molar-refractivity contribution in [2.45, 2.75) is 19.1 Å². The highest BCUT2D eigenvalue weighted by atomic mass is 16.5. The number of nitrogens with zero attached hydrogens (tertiary/aromatic N) is 1. The van der Waals surface area contributed by atoms with Crippen LogP contribution in [0.3, 0.4) is 0 Å². The summed E-state index contributed by atoms with van der Waals surface area (Å²) in [4.78, 5) is 2.12. The molecule has 5 nitrogen and oxygen atoms in total. The van der Waals surface area contributed by atoms with Crippen molar-refractivity contribution < 1.29 is 9.84 Å². The molecule has 1 saturated heterocycles. The third kappa shape index (κ3) is 2.63. The Morgan fingerprint density at radius 3 is 2.89 bits per heavy atom. The van der Waals surface area contributed by atoms with Gasteiger partial charge in [-0.05, 0) is 19.1 Å². The molecule has 0 bridgehead atoms. The summed E-state index contributed by atoms with van der Waals surface area (Å²) in [5.74, 6) is 0.0605. The predicted octanol–water partition coefficient (Wildman–Crippen LogP) is 0.557. The lowest BCUT2D eigenvalue weighted by Gasteiger charge is -2.38. The minimum absolute atomic E-state index is 0.00305. The normalized spacial score (nSPS) is 24.0. The van der Waals surface area contributed by atoms with E-state index in [-0.39, 0.29) is 24.7 Å². The van der Waals surface area contributed by atoms with Gasteiger partial charge in [0.2, 0.25) is 0 Å². The minimum atomic E-state index is -0.186. The fourth-order valence-electron chi connectivity index (χ4n) is 2.32. The number of rotatable bonds is 3. The molecular formula is C13H19N3O2. The largest absolute Gasteiger partial charge is 0.394 e. The summed E-state index contributed by atoms with van der Waals surface area (Å²) in [6.07, 6.45) is -0.135. The Morgan fingerprint density at radius 1 is 1.50 bits per heavy atom. The summed E-state index contributed by atoms with van der Waals surface area (Å²) < 4.78 is 5.61. The lowest BCUT2D eigenvalue weighted by Crippen LogP contribution is -2.48. The number of nitrogens with one attached hydrogen (secondary N) is 1. The summed E-state index contributed by atoms with van der Waals surface area (Å²) in [5.41, 5.74) is 7.25. The van der Waals surface area contributed by atoms with Gasteiger partial charge in [-0.2, -0.15) is 0 Å². The number of hydrogen-bond acceptors (Lipinski definition) is 4. The van der Waals surface area contributed by atoms with Crippen LogP contribution in [-0.2, 0) is 4.74 Å². The van der Waals surface area contributed by atoms with Crippen LogP contribution in [0.5, 0.6) is 0 Å². The molecule has 2 unspecified atom stereocenters. The summed E-state index contributed by atoms with van der Waals surface area (Å²) >= 11 is 0. The monoisotopic (exact) mass is 249 g/mol. The predicted molar refractivity (Wildman–Crippen MR) is 71.1 cm³/mol. The van der Waals surface area contributed by atoms with Gasteiger partial charge in [0.15, 0.2) is 0 Å². The molecule has 0 radical (unpaired) electrons. The molecule has 2 atom stereocenters. The number of benzene rings is 1. The molecule has 1 heterocycles. The number of nitrogen functional groups attached to an aromatic ring is 1. The van der Waals surface area contributed by atoms with Crippen LogP contribution in [0, 0.1) is 5.41 Å². The van der Waals surface area contributed by atoms with Crippen molar-refractivity contribution in [3.63, 3.8) is 0 Å². The first-order valence-corrected chi connectivity index (χ1v) is 6.06. The van der Waals surface area contributed by atoms with Crippen LogP contribution in [0.4, 0.5) is 5.69 Å². The zero-order valence-electron chi connectivity index (χ0n) is 10.5. The number of ether oxygens (including phenoxy) is 1. The molecule has 1 aromatic rings. The van der Waals surface area contributed by atoms with Gasteiger partial charge in [-0.1, -0.05) is 12.1 Å². The fraction of sp³-hybridized carbons (Fsp3) is 0.462.